The maximum atomic E-state index is 13.9. The molecule has 0 saturated carbocycles. The Morgan fingerprint density at radius 1 is 1.00 bits per heavy atom. The molecule has 0 fully saturated rings. The van der Waals surface area contributed by atoms with Gasteiger partial charge < -0.3 is 5.32 Å². The van der Waals surface area contributed by atoms with Gasteiger partial charge in [0.25, 0.3) is 0 Å². The Kier molecular flexibility index (Phi) is 4.71. The maximum Gasteiger partial charge on any atom is 0.134 e. The second-order valence-electron chi connectivity index (χ2n) is 6.51. The summed E-state index contributed by atoms with van der Waals surface area (Å²) in [6, 6.07) is 11.7. The molecule has 0 spiro atoms. The number of aryl methyl sites for hydroxylation is 1. The van der Waals surface area contributed by atoms with E-state index in [0.717, 1.165) is 30.7 Å². The van der Waals surface area contributed by atoms with E-state index in [1.54, 1.807) is 12.1 Å². The van der Waals surface area contributed by atoms with Crippen LogP contribution in [0.2, 0.25) is 0 Å². The number of hydrogen-bond acceptors (Lipinski definition) is 3. The minimum Gasteiger partial charge on any atom is -0.303 e. The first-order valence-electron chi connectivity index (χ1n) is 8.79. The molecular weight excluding hydrogens is 332 g/mol. The van der Waals surface area contributed by atoms with Gasteiger partial charge in [-0.3, -0.25) is 9.97 Å². The highest BCUT2D eigenvalue weighted by Gasteiger charge is 2.20. The molecule has 26 heavy (non-hydrogen) atoms. The average molecular weight is 351 g/mol. The lowest BCUT2D eigenvalue weighted by Crippen LogP contribution is -2.26. The highest BCUT2D eigenvalue weighted by atomic mass is 19.1. The maximum absolute atomic E-state index is 13.9. The molecule has 0 amide bonds. The second-order valence-corrected chi connectivity index (χ2v) is 6.51. The quantitative estimate of drug-likeness (QED) is 0.747. The van der Waals surface area contributed by atoms with Crippen LogP contribution in [0.15, 0.2) is 54.9 Å². The van der Waals surface area contributed by atoms with Crippen molar-refractivity contribution in [1.29, 1.82) is 0 Å². The van der Waals surface area contributed by atoms with E-state index in [0.29, 0.717) is 12.1 Å². The summed E-state index contributed by atoms with van der Waals surface area (Å²) in [6.45, 7) is 0.584. The number of nitrogens with one attached hydrogen (secondary N) is 1. The molecule has 5 heteroatoms. The molecule has 3 aromatic rings. The van der Waals surface area contributed by atoms with Gasteiger partial charge in [-0.05, 0) is 49.1 Å². The number of hydrogen-bond donors (Lipinski definition) is 1. The van der Waals surface area contributed by atoms with Crippen molar-refractivity contribution in [3.8, 4) is 11.1 Å². The molecule has 0 saturated heterocycles. The van der Waals surface area contributed by atoms with E-state index in [9.17, 15) is 8.78 Å². The number of pyridine rings is 2. The van der Waals surface area contributed by atoms with Crippen molar-refractivity contribution < 1.29 is 8.78 Å². The van der Waals surface area contributed by atoms with Gasteiger partial charge in [0.05, 0.1) is 23.0 Å². The van der Waals surface area contributed by atoms with Crippen molar-refractivity contribution in [2.75, 3.05) is 0 Å². The van der Waals surface area contributed by atoms with Crippen LogP contribution < -0.4 is 5.32 Å². The second kappa shape index (κ2) is 7.30. The van der Waals surface area contributed by atoms with E-state index in [4.69, 9.17) is 0 Å². The van der Waals surface area contributed by atoms with Gasteiger partial charge in [-0.1, -0.05) is 18.2 Å². The van der Waals surface area contributed by atoms with Gasteiger partial charge in [-0.25, -0.2) is 8.78 Å². The van der Waals surface area contributed by atoms with E-state index in [1.165, 1.54) is 30.0 Å². The highest BCUT2D eigenvalue weighted by molar-refractivity contribution is 5.63. The summed E-state index contributed by atoms with van der Waals surface area (Å²) in [6.07, 6.45) is 6.60. The molecule has 1 N–H and O–H groups in total. The lowest BCUT2D eigenvalue weighted by Gasteiger charge is -2.25. The molecule has 1 atom stereocenters. The minimum atomic E-state index is -0.581. The van der Waals surface area contributed by atoms with Gasteiger partial charge in [0.2, 0.25) is 0 Å². The molecule has 2 aromatic heterocycles. The number of halogens is 2. The van der Waals surface area contributed by atoms with Crippen molar-refractivity contribution in [2.24, 2.45) is 0 Å². The van der Waals surface area contributed by atoms with Gasteiger partial charge in [-0.2, -0.15) is 0 Å². The summed E-state index contributed by atoms with van der Waals surface area (Å²) in [5.74, 6) is -1.16. The number of rotatable bonds is 4. The van der Waals surface area contributed by atoms with Gasteiger partial charge >= 0.3 is 0 Å². The molecule has 3 nitrogen and oxygen atoms in total. The van der Waals surface area contributed by atoms with Crippen molar-refractivity contribution in [3.05, 3.63) is 83.4 Å². The fraction of sp³-hybridized carbons (Fsp3) is 0.238. The van der Waals surface area contributed by atoms with E-state index in [2.05, 4.69) is 21.4 Å². The topological polar surface area (TPSA) is 37.8 Å². The van der Waals surface area contributed by atoms with Gasteiger partial charge in [0, 0.05) is 24.5 Å². The molecular formula is C21H19F2N3. The fourth-order valence-corrected chi connectivity index (χ4v) is 3.49. The van der Waals surface area contributed by atoms with Crippen LogP contribution in [0.1, 0.15) is 35.8 Å². The third-order valence-electron chi connectivity index (χ3n) is 4.80. The molecule has 0 radical (unpaired) electrons. The smallest absolute Gasteiger partial charge is 0.134 e. The van der Waals surface area contributed by atoms with Crippen molar-refractivity contribution in [1.82, 2.24) is 15.3 Å². The first kappa shape index (κ1) is 16.8. The molecule has 1 aliphatic rings. The third kappa shape index (κ3) is 3.35. The van der Waals surface area contributed by atoms with Gasteiger partial charge in [0.1, 0.15) is 11.6 Å². The van der Waals surface area contributed by atoms with Crippen LogP contribution in [-0.2, 0) is 13.0 Å². The zero-order chi connectivity index (χ0) is 17.9. The summed E-state index contributed by atoms with van der Waals surface area (Å²) in [4.78, 5) is 8.88. The Morgan fingerprint density at radius 3 is 2.62 bits per heavy atom. The number of fused-ring (bicyclic) bond motifs is 1. The SMILES string of the molecule is Fc1cccc(F)c1-c1ccc(CNC2CCCc3cccnc32)nc1. The predicted octanol–water partition coefficient (Wildman–Crippen LogP) is 4.59. The number of aromatic nitrogens is 2. The summed E-state index contributed by atoms with van der Waals surface area (Å²) >= 11 is 0. The minimum absolute atomic E-state index is 0.0371. The van der Waals surface area contributed by atoms with Crippen molar-refractivity contribution >= 4 is 0 Å². The Hall–Kier alpha value is -2.66. The van der Waals surface area contributed by atoms with Gasteiger partial charge in [-0.15, -0.1) is 0 Å². The van der Waals surface area contributed by atoms with Crippen LogP contribution in [0.4, 0.5) is 8.78 Å². The normalized spacial score (nSPS) is 16.3. The molecule has 4 rings (SSSR count). The Morgan fingerprint density at radius 2 is 1.85 bits per heavy atom. The lowest BCUT2D eigenvalue weighted by atomic mass is 9.92. The molecule has 1 unspecified atom stereocenters. The molecule has 0 bridgehead atoms. The summed E-state index contributed by atoms with van der Waals surface area (Å²) in [7, 11) is 0. The van der Waals surface area contributed by atoms with Crippen LogP contribution in [0.3, 0.4) is 0 Å². The Balaban J connectivity index is 1.48. The van der Waals surface area contributed by atoms with Crippen molar-refractivity contribution in [3.63, 3.8) is 0 Å². The molecule has 1 aliphatic carbocycles. The summed E-state index contributed by atoms with van der Waals surface area (Å²) in [5, 5.41) is 3.50. The Bertz CT molecular complexity index is 889. The lowest BCUT2D eigenvalue weighted by molar-refractivity contribution is 0.445. The Labute approximate surface area is 151 Å². The van der Waals surface area contributed by atoms with Crippen LogP contribution in [0.5, 0.6) is 0 Å². The van der Waals surface area contributed by atoms with E-state index >= 15 is 0 Å². The van der Waals surface area contributed by atoms with Crippen LogP contribution in [-0.4, -0.2) is 9.97 Å². The zero-order valence-corrected chi connectivity index (χ0v) is 14.3. The monoisotopic (exact) mass is 351 g/mol. The number of benzene rings is 1. The predicted molar refractivity (Wildman–Crippen MR) is 96.3 cm³/mol. The molecule has 2 heterocycles. The molecule has 132 valence electrons. The van der Waals surface area contributed by atoms with Crippen molar-refractivity contribution in [2.45, 2.75) is 31.8 Å². The van der Waals surface area contributed by atoms with Crippen LogP contribution in [0, 0.1) is 11.6 Å². The fourth-order valence-electron chi connectivity index (χ4n) is 3.49. The van der Waals surface area contributed by atoms with E-state index < -0.39 is 11.6 Å². The summed E-state index contributed by atoms with van der Waals surface area (Å²) in [5.41, 5.74) is 3.64. The van der Waals surface area contributed by atoms with Crippen LogP contribution >= 0.6 is 0 Å². The van der Waals surface area contributed by atoms with E-state index in [1.807, 2.05) is 12.3 Å². The first-order chi connectivity index (χ1) is 12.7. The standard InChI is InChI=1S/C21H19F2N3/c22-17-6-2-7-18(23)20(17)15-9-10-16(25-12-15)13-26-19-8-1-4-14-5-3-11-24-21(14)19/h2-3,5-7,9-12,19,26H,1,4,8,13H2. The highest BCUT2D eigenvalue weighted by Crippen LogP contribution is 2.28. The molecule has 1 aromatic carbocycles. The third-order valence-corrected chi connectivity index (χ3v) is 4.80. The van der Waals surface area contributed by atoms with E-state index in [-0.39, 0.29) is 11.6 Å². The largest absolute Gasteiger partial charge is 0.303 e. The average Bonchev–Trinajstić information content (AvgIpc) is 2.67. The first-order valence-corrected chi connectivity index (χ1v) is 8.79. The van der Waals surface area contributed by atoms with Gasteiger partial charge in [0.15, 0.2) is 0 Å². The number of nitrogens with zero attached hydrogens (tertiary/aromatic N) is 2. The van der Waals surface area contributed by atoms with Crippen LogP contribution in [0.25, 0.3) is 11.1 Å². The summed E-state index contributed by atoms with van der Waals surface area (Å²) < 4.78 is 27.8. The molecule has 0 aliphatic heterocycles. The zero-order valence-electron chi connectivity index (χ0n) is 14.3.